The average molecular weight is 246 g/mol. The molecule has 0 fully saturated rings. The van der Waals surface area contributed by atoms with E-state index in [1.807, 2.05) is 6.92 Å². The van der Waals surface area contributed by atoms with E-state index in [1.54, 1.807) is 20.3 Å². The normalized spacial score (nSPS) is 9.85. The van der Waals surface area contributed by atoms with Gasteiger partial charge in [-0.2, -0.15) is 0 Å². The first-order valence-electron chi connectivity index (χ1n) is 3.78. The van der Waals surface area contributed by atoms with Crippen LogP contribution in [0.5, 0.6) is 11.5 Å². The van der Waals surface area contributed by atoms with Gasteiger partial charge >= 0.3 is 0 Å². The van der Waals surface area contributed by atoms with Gasteiger partial charge in [0.15, 0.2) is 0 Å². The molecule has 0 amide bonds. The quantitative estimate of drug-likeness (QED) is 0.814. The lowest BCUT2D eigenvalue weighted by atomic mass is 10.2. The molecular weight excluding hydrogens is 234 g/mol. The molecule has 0 aliphatic heterocycles. The van der Waals surface area contributed by atoms with Gasteiger partial charge in [0.2, 0.25) is 0 Å². The largest absolute Gasteiger partial charge is 0.496 e. The van der Waals surface area contributed by atoms with E-state index in [-0.39, 0.29) is 0 Å². The van der Waals surface area contributed by atoms with E-state index in [0.29, 0.717) is 5.69 Å². The first-order chi connectivity index (χ1) is 6.11. The summed E-state index contributed by atoms with van der Waals surface area (Å²) in [7, 11) is 3.21. The van der Waals surface area contributed by atoms with Crippen LogP contribution in [0.3, 0.4) is 0 Å². The van der Waals surface area contributed by atoms with Crippen molar-refractivity contribution in [3.63, 3.8) is 0 Å². The molecule has 0 bridgehead atoms. The topological polar surface area (TPSA) is 44.5 Å². The van der Waals surface area contributed by atoms with Gasteiger partial charge in [0.1, 0.15) is 11.5 Å². The molecule has 0 heterocycles. The number of anilines is 1. The SMILES string of the molecule is COc1cc(N)c(Br)c(OC)c1C. The van der Waals surface area contributed by atoms with Gasteiger partial charge in [0, 0.05) is 11.6 Å². The van der Waals surface area contributed by atoms with Crippen molar-refractivity contribution >= 4 is 21.6 Å². The highest BCUT2D eigenvalue weighted by Gasteiger charge is 2.12. The predicted octanol–water partition coefficient (Wildman–Crippen LogP) is 2.36. The third-order valence-electron chi connectivity index (χ3n) is 1.87. The maximum atomic E-state index is 5.73. The van der Waals surface area contributed by atoms with E-state index in [2.05, 4.69) is 15.9 Å². The molecule has 4 heteroatoms. The summed E-state index contributed by atoms with van der Waals surface area (Å²) in [5, 5.41) is 0. The summed E-state index contributed by atoms with van der Waals surface area (Å²) < 4.78 is 11.1. The lowest BCUT2D eigenvalue weighted by Crippen LogP contribution is -1.97. The molecule has 0 aromatic heterocycles. The minimum absolute atomic E-state index is 0.610. The second kappa shape index (κ2) is 3.87. The Kier molecular flexibility index (Phi) is 3.03. The Labute approximate surface area is 86.0 Å². The fraction of sp³-hybridized carbons (Fsp3) is 0.333. The van der Waals surface area contributed by atoms with Crippen LogP contribution < -0.4 is 15.2 Å². The summed E-state index contributed by atoms with van der Waals surface area (Å²) in [5.74, 6) is 1.45. The molecule has 2 N–H and O–H groups in total. The van der Waals surface area contributed by atoms with Gasteiger partial charge in [-0.05, 0) is 22.9 Å². The van der Waals surface area contributed by atoms with Crippen LogP contribution in [0.4, 0.5) is 5.69 Å². The number of nitrogens with two attached hydrogens (primary N) is 1. The Morgan fingerprint density at radius 3 is 2.38 bits per heavy atom. The van der Waals surface area contributed by atoms with Crippen LogP contribution >= 0.6 is 15.9 Å². The highest BCUT2D eigenvalue weighted by atomic mass is 79.9. The molecule has 0 atom stereocenters. The van der Waals surface area contributed by atoms with Crippen molar-refractivity contribution in [1.82, 2.24) is 0 Å². The molecule has 0 saturated heterocycles. The number of halogens is 1. The third kappa shape index (κ3) is 1.72. The summed E-state index contributed by atoms with van der Waals surface area (Å²) in [6.45, 7) is 1.92. The van der Waals surface area contributed by atoms with Crippen LogP contribution in [0.25, 0.3) is 0 Å². The van der Waals surface area contributed by atoms with E-state index >= 15 is 0 Å². The second-order valence-corrected chi connectivity index (χ2v) is 3.43. The monoisotopic (exact) mass is 245 g/mol. The van der Waals surface area contributed by atoms with E-state index in [4.69, 9.17) is 15.2 Å². The Balaban J connectivity index is 3.39. The summed E-state index contributed by atoms with van der Waals surface area (Å²) in [4.78, 5) is 0. The first-order valence-corrected chi connectivity index (χ1v) is 4.57. The lowest BCUT2D eigenvalue weighted by molar-refractivity contribution is 0.387. The van der Waals surface area contributed by atoms with Crippen LogP contribution in [-0.2, 0) is 0 Å². The Bertz CT molecular complexity index is 326. The molecule has 1 rings (SSSR count). The van der Waals surface area contributed by atoms with Crippen molar-refractivity contribution in [2.75, 3.05) is 20.0 Å². The lowest BCUT2D eigenvalue weighted by Gasteiger charge is -2.13. The summed E-state index contributed by atoms with van der Waals surface area (Å²) >= 11 is 3.35. The van der Waals surface area contributed by atoms with E-state index in [9.17, 15) is 0 Å². The van der Waals surface area contributed by atoms with Gasteiger partial charge in [-0.25, -0.2) is 0 Å². The second-order valence-electron chi connectivity index (χ2n) is 2.64. The molecule has 13 heavy (non-hydrogen) atoms. The zero-order chi connectivity index (χ0) is 10.0. The minimum atomic E-state index is 0.610. The number of hydrogen-bond acceptors (Lipinski definition) is 3. The van der Waals surface area contributed by atoms with E-state index < -0.39 is 0 Å². The average Bonchev–Trinajstić information content (AvgIpc) is 2.12. The van der Waals surface area contributed by atoms with Gasteiger partial charge in [0.25, 0.3) is 0 Å². The molecule has 0 saturated carbocycles. The van der Waals surface area contributed by atoms with E-state index in [0.717, 1.165) is 21.5 Å². The Morgan fingerprint density at radius 2 is 1.92 bits per heavy atom. The van der Waals surface area contributed by atoms with Gasteiger partial charge < -0.3 is 15.2 Å². The van der Waals surface area contributed by atoms with Gasteiger partial charge in [-0.1, -0.05) is 0 Å². The molecule has 1 aromatic rings. The maximum Gasteiger partial charge on any atom is 0.141 e. The zero-order valence-corrected chi connectivity index (χ0v) is 9.44. The van der Waals surface area contributed by atoms with Crippen LogP contribution in [0.1, 0.15) is 5.56 Å². The number of nitrogen functional groups attached to an aromatic ring is 1. The molecule has 0 unspecified atom stereocenters. The van der Waals surface area contributed by atoms with Gasteiger partial charge in [0.05, 0.1) is 24.4 Å². The smallest absolute Gasteiger partial charge is 0.141 e. The minimum Gasteiger partial charge on any atom is -0.496 e. The number of ether oxygens (including phenoxy) is 2. The van der Waals surface area contributed by atoms with Crippen molar-refractivity contribution < 1.29 is 9.47 Å². The summed E-state index contributed by atoms with van der Waals surface area (Å²) in [5.41, 5.74) is 7.28. The predicted molar refractivity (Wildman–Crippen MR) is 56.4 cm³/mol. The van der Waals surface area contributed by atoms with Gasteiger partial charge in [-0.3, -0.25) is 0 Å². The fourth-order valence-electron chi connectivity index (χ4n) is 1.18. The maximum absolute atomic E-state index is 5.73. The summed E-state index contributed by atoms with van der Waals surface area (Å²) in [6, 6.07) is 1.77. The summed E-state index contributed by atoms with van der Waals surface area (Å²) in [6.07, 6.45) is 0. The standard InChI is InChI=1S/C9H12BrNO2/c1-5-7(12-2)4-6(11)8(10)9(5)13-3/h4H,11H2,1-3H3. The van der Waals surface area contributed by atoms with Crippen LogP contribution in [-0.4, -0.2) is 14.2 Å². The molecule has 0 aliphatic rings. The number of hydrogen-bond donors (Lipinski definition) is 1. The number of benzene rings is 1. The zero-order valence-electron chi connectivity index (χ0n) is 7.85. The molecule has 3 nitrogen and oxygen atoms in total. The molecular formula is C9H12BrNO2. The Hall–Kier alpha value is -0.900. The molecule has 0 radical (unpaired) electrons. The molecule has 72 valence electrons. The number of methoxy groups -OCH3 is 2. The van der Waals surface area contributed by atoms with Crippen LogP contribution in [0.2, 0.25) is 0 Å². The van der Waals surface area contributed by atoms with Gasteiger partial charge in [-0.15, -0.1) is 0 Å². The van der Waals surface area contributed by atoms with Crippen molar-refractivity contribution in [2.45, 2.75) is 6.92 Å². The highest BCUT2D eigenvalue weighted by Crippen LogP contribution is 2.39. The Morgan fingerprint density at radius 1 is 1.31 bits per heavy atom. The first kappa shape index (κ1) is 10.2. The van der Waals surface area contributed by atoms with Crippen molar-refractivity contribution in [2.24, 2.45) is 0 Å². The molecule has 1 aromatic carbocycles. The molecule has 0 spiro atoms. The van der Waals surface area contributed by atoms with Crippen molar-refractivity contribution in [1.29, 1.82) is 0 Å². The molecule has 0 aliphatic carbocycles. The van der Waals surface area contributed by atoms with Crippen LogP contribution in [0.15, 0.2) is 10.5 Å². The third-order valence-corrected chi connectivity index (χ3v) is 2.69. The van der Waals surface area contributed by atoms with Crippen molar-refractivity contribution in [3.8, 4) is 11.5 Å². The van der Waals surface area contributed by atoms with E-state index in [1.165, 1.54) is 0 Å². The van der Waals surface area contributed by atoms with Crippen LogP contribution in [0, 0.1) is 6.92 Å². The number of rotatable bonds is 2. The van der Waals surface area contributed by atoms with Crippen molar-refractivity contribution in [3.05, 3.63) is 16.1 Å². The highest BCUT2D eigenvalue weighted by molar-refractivity contribution is 9.10. The fourth-order valence-corrected chi connectivity index (χ4v) is 1.75.